The quantitative estimate of drug-likeness (QED) is 0.156. The molecule has 16 heteroatoms. The van der Waals surface area contributed by atoms with Crippen molar-refractivity contribution in [2.45, 2.75) is 78.9 Å². The molecule has 286 valence electrons. The van der Waals surface area contributed by atoms with E-state index in [0.29, 0.717) is 48.9 Å². The number of amides is 2. The number of benzene rings is 2. The van der Waals surface area contributed by atoms with E-state index in [1.165, 1.54) is 6.07 Å². The zero-order chi connectivity index (χ0) is 38.7. The lowest BCUT2D eigenvalue weighted by Crippen LogP contribution is -2.55. The van der Waals surface area contributed by atoms with Crippen molar-refractivity contribution in [2.75, 3.05) is 38.2 Å². The van der Waals surface area contributed by atoms with Crippen molar-refractivity contribution in [3.8, 4) is 16.9 Å². The SMILES string of the molecule is CC(C)C(NC(=O)OC(C)(C)C)C(=O)OCC(=O)N1CCN(c2ncc(-c3ccc4c(c3)[N+]([O-])(Cc3ccccc3OC(F)F)N(C)C4)cn2)CC1C. The maximum absolute atomic E-state index is 14.3. The average molecular weight is 740 g/mol. The predicted molar refractivity (Wildman–Crippen MR) is 193 cm³/mol. The largest absolute Gasteiger partial charge is 0.606 e. The molecule has 0 bridgehead atoms. The molecule has 3 heterocycles. The highest BCUT2D eigenvalue weighted by atomic mass is 19.3. The van der Waals surface area contributed by atoms with Crippen molar-refractivity contribution in [1.82, 2.24) is 29.9 Å². The molecule has 3 aromatic rings. The second kappa shape index (κ2) is 16.0. The average Bonchev–Trinajstić information content (AvgIpc) is 3.33. The first-order valence-corrected chi connectivity index (χ1v) is 17.4. The maximum Gasteiger partial charge on any atom is 0.408 e. The highest BCUT2D eigenvalue weighted by Crippen LogP contribution is 2.41. The summed E-state index contributed by atoms with van der Waals surface area (Å²) in [6.07, 6.45) is 2.60. The molecule has 1 N–H and O–H groups in total. The molecular weight excluding hydrogens is 692 g/mol. The number of nitrogens with one attached hydrogen (secondary N) is 1. The number of esters is 1. The summed E-state index contributed by atoms with van der Waals surface area (Å²) in [7, 11) is 1.69. The molecule has 0 spiro atoms. The minimum absolute atomic E-state index is 0.0368. The van der Waals surface area contributed by atoms with Gasteiger partial charge >= 0.3 is 18.7 Å². The molecule has 53 heavy (non-hydrogen) atoms. The summed E-state index contributed by atoms with van der Waals surface area (Å²) in [6, 6.07) is 10.6. The summed E-state index contributed by atoms with van der Waals surface area (Å²) in [6.45, 7) is 8.53. The van der Waals surface area contributed by atoms with Crippen LogP contribution in [0.15, 0.2) is 54.9 Å². The van der Waals surface area contributed by atoms with Gasteiger partial charge in [0.2, 0.25) is 5.95 Å². The van der Waals surface area contributed by atoms with E-state index in [-0.39, 0.29) is 30.2 Å². The number of fused-ring (bicyclic) bond motifs is 1. The summed E-state index contributed by atoms with van der Waals surface area (Å²) in [5.41, 5.74) is 2.34. The van der Waals surface area contributed by atoms with Gasteiger partial charge in [0.05, 0.1) is 12.1 Å². The Kier molecular flexibility index (Phi) is 11.8. The van der Waals surface area contributed by atoms with Crippen molar-refractivity contribution in [3.05, 3.63) is 71.2 Å². The standard InChI is InChI=1S/C37H47F2N7O7/c1-23(2)32(42-36(49)53-37(4,5)6)33(48)51-22-31(47)45-15-14-44(19-24(45)3)35-40-17-28(18-41-35)25-12-13-26-20-43(7)46(50,29(26)16-25)21-27-10-8-9-11-30(27)52-34(38)39/h8-13,16-18,23-24,32,34H,14-15,19-22H2,1-7H3,(H,42,49). The second-order valence-corrected chi connectivity index (χ2v) is 14.6. The van der Waals surface area contributed by atoms with Gasteiger partial charge in [-0.3, -0.25) is 4.79 Å². The zero-order valence-corrected chi connectivity index (χ0v) is 31.0. The molecule has 1 fully saturated rings. The van der Waals surface area contributed by atoms with Gasteiger partial charge in [0, 0.05) is 62.3 Å². The summed E-state index contributed by atoms with van der Waals surface area (Å²) >= 11 is 0. The van der Waals surface area contributed by atoms with Crippen LogP contribution in [-0.4, -0.2) is 95.4 Å². The van der Waals surface area contributed by atoms with Gasteiger partial charge < -0.3 is 34.5 Å². The molecule has 2 amide bonds. The van der Waals surface area contributed by atoms with E-state index < -0.39 is 41.7 Å². The summed E-state index contributed by atoms with van der Waals surface area (Å²) in [4.78, 5) is 50.9. The van der Waals surface area contributed by atoms with Crippen LogP contribution < -0.4 is 19.7 Å². The number of hydrogen-bond donors (Lipinski definition) is 1. The summed E-state index contributed by atoms with van der Waals surface area (Å²) < 4.78 is 40.5. The van der Waals surface area contributed by atoms with Crippen molar-refractivity contribution in [3.63, 3.8) is 0 Å². The van der Waals surface area contributed by atoms with Crippen LogP contribution >= 0.6 is 0 Å². The Bertz CT molecular complexity index is 1790. The molecule has 0 radical (unpaired) electrons. The van der Waals surface area contributed by atoms with Gasteiger partial charge in [-0.25, -0.2) is 24.3 Å². The van der Waals surface area contributed by atoms with Gasteiger partial charge in [0.1, 0.15) is 23.9 Å². The highest BCUT2D eigenvalue weighted by Gasteiger charge is 2.38. The number of nitrogens with zero attached hydrogens (tertiary/aromatic N) is 6. The number of carbonyl (C=O) groups is 3. The van der Waals surface area contributed by atoms with Crippen molar-refractivity contribution >= 4 is 29.6 Å². The molecule has 2 aliphatic heterocycles. The van der Waals surface area contributed by atoms with Crippen LogP contribution in [0.3, 0.4) is 0 Å². The number of piperazine rings is 1. The van der Waals surface area contributed by atoms with Gasteiger partial charge in [-0.2, -0.15) is 8.78 Å². The number of alkyl carbamates (subject to hydrolysis) is 1. The first-order valence-electron chi connectivity index (χ1n) is 17.4. The number of carbonyl (C=O) groups excluding carboxylic acids is 3. The zero-order valence-electron chi connectivity index (χ0n) is 31.0. The van der Waals surface area contributed by atoms with Gasteiger partial charge in [0.25, 0.3) is 5.91 Å². The normalized spacial score (nSPS) is 19.6. The minimum atomic E-state index is -3.01. The topological polar surface area (TPSA) is 149 Å². The van der Waals surface area contributed by atoms with Crippen LogP contribution in [0, 0.1) is 11.1 Å². The number of hydrogen-bond acceptors (Lipinski definition) is 11. The van der Waals surface area contributed by atoms with Crippen LogP contribution in [-0.2, 0) is 32.2 Å². The minimum Gasteiger partial charge on any atom is -0.606 e. The van der Waals surface area contributed by atoms with E-state index in [9.17, 15) is 28.4 Å². The fourth-order valence-electron chi connectivity index (χ4n) is 6.41. The third-order valence-corrected chi connectivity index (χ3v) is 9.12. The van der Waals surface area contributed by atoms with E-state index in [2.05, 4.69) is 20.0 Å². The van der Waals surface area contributed by atoms with E-state index in [1.54, 1.807) is 88.2 Å². The third-order valence-electron chi connectivity index (χ3n) is 9.12. The van der Waals surface area contributed by atoms with Gasteiger partial charge in [-0.05, 0) is 51.3 Å². The number of ether oxygens (including phenoxy) is 3. The van der Waals surface area contributed by atoms with E-state index in [4.69, 9.17) is 9.47 Å². The third kappa shape index (κ3) is 9.36. The van der Waals surface area contributed by atoms with Gasteiger partial charge in [-0.15, -0.1) is 5.01 Å². The van der Waals surface area contributed by atoms with Crippen molar-refractivity contribution in [1.29, 1.82) is 0 Å². The number of para-hydroxylation sites is 1. The molecule has 1 aromatic heterocycles. The Hall–Kier alpha value is -4.93. The number of anilines is 1. The van der Waals surface area contributed by atoms with Gasteiger partial charge in [0.15, 0.2) is 12.3 Å². The van der Waals surface area contributed by atoms with Crippen LogP contribution in [0.25, 0.3) is 11.1 Å². The maximum atomic E-state index is 14.3. The molecule has 14 nitrogen and oxygen atoms in total. The second-order valence-electron chi connectivity index (χ2n) is 14.6. The molecule has 1 saturated heterocycles. The highest BCUT2D eigenvalue weighted by molar-refractivity contribution is 5.85. The van der Waals surface area contributed by atoms with Gasteiger partial charge in [-0.1, -0.05) is 38.1 Å². The molecule has 0 aliphatic carbocycles. The van der Waals surface area contributed by atoms with E-state index >= 15 is 0 Å². The number of quaternary nitrogens is 1. The predicted octanol–water partition coefficient (Wildman–Crippen LogP) is 5.24. The Balaban J connectivity index is 1.20. The number of alkyl halides is 2. The lowest BCUT2D eigenvalue weighted by molar-refractivity contribution is -0.155. The molecule has 2 aliphatic rings. The van der Waals surface area contributed by atoms with Crippen molar-refractivity contribution in [2.24, 2.45) is 5.92 Å². The van der Waals surface area contributed by atoms with E-state index in [1.807, 2.05) is 24.0 Å². The first-order chi connectivity index (χ1) is 24.9. The molecule has 5 rings (SSSR count). The Morgan fingerprint density at radius 3 is 2.40 bits per heavy atom. The molecular formula is C37H47F2N7O7. The summed E-state index contributed by atoms with van der Waals surface area (Å²) in [5, 5.41) is 18.5. The number of rotatable bonds is 11. The lowest BCUT2D eigenvalue weighted by atomic mass is 10.0. The van der Waals surface area contributed by atoms with Crippen LogP contribution in [0.5, 0.6) is 5.75 Å². The first kappa shape index (κ1) is 39.3. The van der Waals surface area contributed by atoms with Crippen LogP contribution in [0.4, 0.5) is 25.2 Å². The Morgan fingerprint density at radius 1 is 1.06 bits per heavy atom. The number of hydroxylamine groups is 1. The monoisotopic (exact) mass is 739 g/mol. The number of halogens is 2. The molecule has 2 aromatic carbocycles. The molecule has 3 atom stereocenters. The van der Waals surface area contributed by atoms with Crippen LogP contribution in [0.2, 0.25) is 0 Å². The van der Waals surface area contributed by atoms with Crippen molar-refractivity contribution < 1.29 is 37.4 Å². The molecule has 3 unspecified atom stereocenters. The fraction of sp³-hybridized carbons (Fsp3) is 0.486. The smallest absolute Gasteiger partial charge is 0.408 e. The summed E-state index contributed by atoms with van der Waals surface area (Å²) in [5.74, 6) is -0.947. The Morgan fingerprint density at radius 2 is 1.75 bits per heavy atom. The molecule has 0 saturated carbocycles. The fourth-order valence-corrected chi connectivity index (χ4v) is 6.41. The lowest BCUT2D eigenvalue weighted by Gasteiger charge is -2.43. The number of aromatic nitrogens is 2. The van der Waals surface area contributed by atoms with E-state index in [0.717, 1.165) is 11.1 Å². The Labute approximate surface area is 307 Å². The van der Waals surface area contributed by atoms with Crippen LogP contribution in [0.1, 0.15) is 52.7 Å².